The molecule has 110 valence electrons. The lowest BCUT2D eigenvalue weighted by atomic mass is 9.97. The zero-order valence-corrected chi connectivity index (χ0v) is 10.9. The molecule has 8 nitrogen and oxygen atoms in total. The number of thiocarbonyl (C=S) groups is 1. The van der Waals surface area contributed by atoms with Gasteiger partial charge in [-0.2, -0.15) is 0 Å². The van der Waals surface area contributed by atoms with Gasteiger partial charge in [0.05, 0.1) is 6.61 Å². The molecule has 2 aliphatic heterocycles. The third-order valence-corrected chi connectivity index (χ3v) is 3.73. The minimum absolute atomic E-state index is 0.183. The van der Waals surface area contributed by atoms with Gasteiger partial charge in [0.15, 0.2) is 11.3 Å². The average molecular weight is 294 g/mol. The molecule has 6 N–H and O–H groups in total. The smallest absolute Gasteiger partial charge is 0.173 e. The van der Waals surface area contributed by atoms with Crippen LogP contribution >= 0.6 is 12.2 Å². The summed E-state index contributed by atoms with van der Waals surface area (Å²) in [6.07, 6.45) is -7.13. The second kappa shape index (κ2) is 5.83. The molecule has 0 bridgehead atoms. The van der Waals surface area contributed by atoms with Crippen LogP contribution in [-0.2, 0) is 4.74 Å². The summed E-state index contributed by atoms with van der Waals surface area (Å²) in [5.41, 5.74) is 0. The van der Waals surface area contributed by atoms with Crippen molar-refractivity contribution in [3.63, 3.8) is 0 Å². The molecule has 2 heterocycles. The van der Waals surface area contributed by atoms with Crippen LogP contribution in [0.2, 0.25) is 0 Å². The zero-order valence-electron chi connectivity index (χ0n) is 10.1. The topological polar surface area (TPSA) is 126 Å². The molecule has 2 rings (SSSR count). The van der Waals surface area contributed by atoms with Crippen molar-refractivity contribution < 1.29 is 30.3 Å². The number of aliphatic hydroxyl groups excluding tert-OH is 5. The van der Waals surface area contributed by atoms with Gasteiger partial charge in [-0.15, -0.1) is 0 Å². The van der Waals surface area contributed by atoms with Crippen LogP contribution in [0, 0.1) is 0 Å². The minimum Gasteiger partial charge on any atom is -0.394 e. The van der Waals surface area contributed by atoms with E-state index in [2.05, 4.69) is 5.32 Å². The summed E-state index contributed by atoms with van der Waals surface area (Å²) in [6, 6.07) is 0. The van der Waals surface area contributed by atoms with Crippen molar-refractivity contribution in [2.24, 2.45) is 0 Å². The van der Waals surface area contributed by atoms with Crippen LogP contribution in [0.4, 0.5) is 0 Å². The van der Waals surface area contributed by atoms with Gasteiger partial charge in [-0.1, -0.05) is 0 Å². The lowest BCUT2D eigenvalue weighted by molar-refractivity contribution is -0.269. The third kappa shape index (κ3) is 2.68. The van der Waals surface area contributed by atoms with E-state index in [4.69, 9.17) is 22.1 Å². The molecule has 0 radical (unpaired) electrons. The zero-order chi connectivity index (χ0) is 14.2. The molecule has 0 aliphatic carbocycles. The molecule has 6 atom stereocenters. The van der Waals surface area contributed by atoms with Crippen LogP contribution in [0.15, 0.2) is 0 Å². The lowest BCUT2D eigenvalue weighted by Gasteiger charge is -2.48. The van der Waals surface area contributed by atoms with Gasteiger partial charge in [-0.05, 0) is 12.2 Å². The molecule has 2 unspecified atom stereocenters. The highest BCUT2D eigenvalue weighted by Crippen LogP contribution is 2.26. The first-order chi connectivity index (χ1) is 8.97. The number of rotatable bonds is 2. The van der Waals surface area contributed by atoms with Crippen molar-refractivity contribution in [1.82, 2.24) is 10.2 Å². The molecule has 0 saturated carbocycles. The Bertz CT molecular complexity index is 344. The summed E-state index contributed by atoms with van der Waals surface area (Å²) < 4.78 is 5.34. The van der Waals surface area contributed by atoms with E-state index < -0.39 is 43.5 Å². The highest BCUT2D eigenvalue weighted by molar-refractivity contribution is 7.80. The Balaban J connectivity index is 2.19. The summed E-state index contributed by atoms with van der Waals surface area (Å²) >= 11 is 5.04. The highest BCUT2D eigenvalue weighted by atomic mass is 32.1. The number of ether oxygens (including phenoxy) is 1. The fourth-order valence-electron chi connectivity index (χ4n) is 2.27. The number of nitrogens with zero attached hydrogens (tertiary/aromatic N) is 1. The fourth-order valence-corrected chi connectivity index (χ4v) is 2.60. The predicted octanol–water partition coefficient (Wildman–Crippen LogP) is -3.32. The molecule has 19 heavy (non-hydrogen) atoms. The van der Waals surface area contributed by atoms with Crippen LogP contribution in [0.5, 0.6) is 0 Å². The Morgan fingerprint density at radius 1 is 1.21 bits per heavy atom. The molecular formula is C10H18N2O6S. The summed E-state index contributed by atoms with van der Waals surface area (Å²) in [6.45, 7) is -0.0283. The van der Waals surface area contributed by atoms with Crippen LogP contribution in [0.1, 0.15) is 6.42 Å². The highest BCUT2D eigenvalue weighted by Gasteiger charge is 2.48. The SMILES string of the molecule is OC[C@@H]1OC(N2C(=S)NCCC2O)[C@@H](O)[C@H](O)[C@H]1O. The van der Waals surface area contributed by atoms with Crippen molar-refractivity contribution in [2.75, 3.05) is 13.2 Å². The number of hydrogen-bond acceptors (Lipinski definition) is 7. The Labute approximate surface area is 115 Å². The molecule has 9 heteroatoms. The molecule has 2 saturated heterocycles. The Hall–Kier alpha value is -0.550. The maximum Gasteiger partial charge on any atom is 0.173 e. The maximum atomic E-state index is 9.95. The second-order valence-corrected chi connectivity index (χ2v) is 5.01. The van der Waals surface area contributed by atoms with E-state index >= 15 is 0 Å². The summed E-state index contributed by atoms with van der Waals surface area (Å²) in [7, 11) is 0. The first kappa shape index (κ1) is 14.9. The minimum atomic E-state index is -1.49. The molecule has 0 spiro atoms. The van der Waals surface area contributed by atoms with E-state index in [9.17, 15) is 20.4 Å². The van der Waals surface area contributed by atoms with Gasteiger partial charge in [0.1, 0.15) is 30.6 Å². The maximum absolute atomic E-state index is 9.95. The molecule has 2 aliphatic rings. The van der Waals surface area contributed by atoms with Gasteiger partial charge in [0.25, 0.3) is 0 Å². The van der Waals surface area contributed by atoms with Gasteiger partial charge < -0.3 is 35.6 Å². The van der Waals surface area contributed by atoms with Crippen molar-refractivity contribution in [1.29, 1.82) is 0 Å². The predicted molar refractivity (Wildman–Crippen MR) is 66.8 cm³/mol. The van der Waals surface area contributed by atoms with E-state index in [1.807, 2.05) is 0 Å². The molecule has 0 aromatic heterocycles. The van der Waals surface area contributed by atoms with E-state index in [1.165, 1.54) is 4.90 Å². The summed E-state index contributed by atoms with van der Waals surface area (Å²) in [5.74, 6) is 0. The van der Waals surface area contributed by atoms with E-state index in [0.29, 0.717) is 13.0 Å². The summed E-state index contributed by atoms with van der Waals surface area (Å²) in [4.78, 5) is 1.22. The third-order valence-electron chi connectivity index (χ3n) is 3.38. The first-order valence-corrected chi connectivity index (χ1v) is 6.43. The van der Waals surface area contributed by atoms with Crippen molar-refractivity contribution in [2.45, 2.75) is 43.3 Å². The van der Waals surface area contributed by atoms with E-state index in [-0.39, 0.29) is 5.11 Å². The van der Waals surface area contributed by atoms with Gasteiger partial charge in [0, 0.05) is 13.0 Å². The molecule has 2 fully saturated rings. The van der Waals surface area contributed by atoms with Crippen LogP contribution in [-0.4, -0.2) is 85.6 Å². The quantitative estimate of drug-likeness (QED) is 0.290. The largest absolute Gasteiger partial charge is 0.394 e. The fraction of sp³-hybridized carbons (Fsp3) is 0.900. The molecule has 0 aromatic rings. The van der Waals surface area contributed by atoms with Crippen LogP contribution in [0.25, 0.3) is 0 Å². The van der Waals surface area contributed by atoms with Crippen molar-refractivity contribution >= 4 is 17.3 Å². The number of nitrogens with one attached hydrogen (secondary N) is 1. The molecule has 0 amide bonds. The number of aliphatic hydroxyl groups is 5. The molecular weight excluding hydrogens is 276 g/mol. The standard InChI is InChI=1S/C10H18N2O6S/c13-3-4-6(15)7(16)8(17)9(18-4)12-5(14)1-2-11-10(12)19/h4-9,13-17H,1-3H2,(H,11,19)/t4-,5?,6-,7+,8-,9?/m0/s1. The van der Waals surface area contributed by atoms with Crippen LogP contribution in [0.3, 0.4) is 0 Å². The average Bonchev–Trinajstić information content (AvgIpc) is 2.38. The normalized spacial score (nSPS) is 44.1. The monoisotopic (exact) mass is 294 g/mol. The van der Waals surface area contributed by atoms with Gasteiger partial charge in [-0.3, -0.25) is 4.90 Å². The van der Waals surface area contributed by atoms with Crippen LogP contribution < -0.4 is 5.32 Å². The lowest BCUT2D eigenvalue weighted by Crippen LogP contribution is -2.68. The molecule has 0 aromatic carbocycles. The Kier molecular flexibility index (Phi) is 4.56. The second-order valence-electron chi connectivity index (χ2n) is 4.63. The van der Waals surface area contributed by atoms with Crippen molar-refractivity contribution in [3.8, 4) is 0 Å². The Morgan fingerprint density at radius 3 is 2.47 bits per heavy atom. The first-order valence-electron chi connectivity index (χ1n) is 6.02. The Morgan fingerprint density at radius 2 is 1.89 bits per heavy atom. The van der Waals surface area contributed by atoms with E-state index in [0.717, 1.165) is 0 Å². The van der Waals surface area contributed by atoms with Gasteiger partial charge in [-0.25, -0.2) is 0 Å². The van der Waals surface area contributed by atoms with Gasteiger partial charge in [0.2, 0.25) is 0 Å². The summed E-state index contributed by atoms with van der Waals surface area (Å²) in [5, 5.41) is 51.4. The van der Waals surface area contributed by atoms with Gasteiger partial charge >= 0.3 is 0 Å². The number of hydrogen-bond donors (Lipinski definition) is 6. The van der Waals surface area contributed by atoms with E-state index in [1.54, 1.807) is 0 Å². The van der Waals surface area contributed by atoms with Crippen molar-refractivity contribution in [3.05, 3.63) is 0 Å².